The van der Waals surface area contributed by atoms with Crippen LogP contribution in [0.3, 0.4) is 0 Å². The Hall–Kier alpha value is -8.95. The molecule has 0 spiro atoms. The van der Waals surface area contributed by atoms with Crippen molar-refractivity contribution in [1.82, 2.24) is 0 Å². The van der Waals surface area contributed by atoms with Gasteiger partial charge in [0.15, 0.2) is 63.3 Å². The van der Waals surface area contributed by atoms with Crippen LogP contribution >= 0.6 is 0 Å². The molecule has 0 saturated heterocycles. The molecule has 0 amide bonds. The SMILES string of the molecule is C.C=CC(C)=O.CCCc1ccc(OC)c(OC)c1.CCOC(=O)CCC(=O)/C=C/c1ccc(O)c(OC)c1.CCOC(=O)CCC(C)=O.COc1ccc(/C=C/C(=O)CCC(C)=O)cc1OC.COc1ccc(/C=C/C=O)cc1OC.O=BB(O)O. The number of ketones is 5. The van der Waals surface area contributed by atoms with E-state index in [2.05, 4.69) is 24.3 Å². The minimum atomic E-state index is -1.80. The normalized spacial score (nSPS) is 9.55. The van der Waals surface area contributed by atoms with E-state index in [1.165, 1.54) is 63.8 Å². The second-order valence-electron chi connectivity index (χ2n) is 17.1. The summed E-state index contributed by atoms with van der Waals surface area (Å²) in [6.45, 7) is 13.9. The Labute approximate surface area is 513 Å². The number of hydrogen-bond acceptors (Lipinski definition) is 21. The summed E-state index contributed by atoms with van der Waals surface area (Å²) >= 11 is 0. The van der Waals surface area contributed by atoms with E-state index in [9.17, 15) is 43.5 Å². The number of esters is 2. The zero-order valence-electron chi connectivity index (χ0n) is 51.7. The fourth-order valence-corrected chi connectivity index (χ4v) is 6.00. The molecule has 0 aromatic heterocycles. The number of Topliss-reactive ketones (excluding diaryl/α,β-unsaturated/α-hetero) is 2. The van der Waals surface area contributed by atoms with Crippen LogP contribution in [-0.4, -0.2) is 139 Å². The fraction of sp³-hybridized carbons (Fsp3) is 0.375. The zero-order valence-corrected chi connectivity index (χ0v) is 51.7. The summed E-state index contributed by atoms with van der Waals surface area (Å²) in [4.78, 5) is 85.7. The molecule has 4 rings (SSSR count). The van der Waals surface area contributed by atoms with Crippen molar-refractivity contribution in [1.29, 1.82) is 0 Å². The van der Waals surface area contributed by atoms with Crippen LogP contribution in [0, 0.1) is 0 Å². The van der Waals surface area contributed by atoms with E-state index in [-0.39, 0.29) is 93.2 Å². The van der Waals surface area contributed by atoms with Crippen LogP contribution in [0.2, 0.25) is 0 Å². The number of rotatable bonds is 28. The maximum atomic E-state index is 11.6. The summed E-state index contributed by atoms with van der Waals surface area (Å²) in [5, 5.41) is 24.5. The number of allylic oxidation sites excluding steroid dienone is 4. The van der Waals surface area contributed by atoms with Crippen LogP contribution in [0.25, 0.3) is 18.2 Å². The Morgan fingerprint density at radius 2 is 0.862 bits per heavy atom. The van der Waals surface area contributed by atoms with Crippen molar-refractivity contribution in [2.45, 2.75) is 100 Å². The molecule has 87 heavy (non-hydrogen) atoms. The monoisotopic (exact) mass is 1210 g/mol. The van der Waals surface area contributed by atoms with Gasteiger partial charge in [-0.25, -0.2) is 0 Å². The zero-order chi connectivity index (χ0) is 65.8. The van der Waals surface area contributed by atoms with Crippen LogP contribution < -0.4 is 33.2 Å². The number of ether oxygens (including phenoxy) is 9. The van der Waals surface area contributed by atoms with Crippen LogP contribution in [0.15, 0.2) is 104 Å². The third-order valence-corrected chi connectivity index (χ3v) is 10.3. The summed E-state index contributed by atoms with van der Waals surface area (Å²) in [7, 11) is 9.28. The van der Waals surface area contributed by atoms with Crippen molar-refractivity contribution in [3.8, 4) is 46.0 Å². The molecule has 476 valence electrons. The van der Waals surface area contributed by atoms with Gasteiger partial charge in [-0.05, 0) is 136 Å². The standard InChI is InChI=1S/C15H18O5.C15H18O4.C11H12O3.C11H16O2.C7H12O3.C4H6O.CH4.B2H2O3/c1-3-20-15(18)9-7-12(16)6-4-11-5-8-13(17)14(10-11)19-2;1-11(16)4-7-13(17)8-5-12-6-9-14(18-2)15(10-12)19-3;1-13-10-6-5-9(4-3-7-12)8-11(10)14-2;1-4-5-9-6-7-10(12-2)11(8-9)13-3;1-3-10-7(9)5-4-6(2)8;1-3-4(2)5;;3-1-2(4)5/h4-6,8,10,17H,3,7,9H2,1-2H3;5-6,8-10H,4,7H2,1-3H3;3-8H,1-2H3;6-8H,4-5H2,1-3H3;3-5H2,1-2H3;3H,1H2,2H3;1H4;4-5H/b6-4+;8-5+;4-3+;;;;;. The van der Waals surface area contributed by atoms with E-state index >= 15 is 0 Å². The molecule has 4 aromatic carbocycles. The fourth-order valence-electron chi connectivity index (χ4n) is 6.00. The molecule has 21 nitrogen and oxygen atoms in total. The predicted octanol–water partition coefficient (Wildman–Crippen LogP) is 9.88. The number of phenols is 1. The first-order chi connectivity index (χ1) is 41.0. The van der Waals surface area contributed by atoms with Crippen LogP contribution in [-0.2, 0) is 59.0 Å². The molecular formula is C64H88B2O21. The minimum absolute atomic E-state index is 0. The van der Waals surface area contributed by atoms with Crippen LogP contribution in [0.5, 0.6) is 46.0 Å². The number of benzene rings is 4. The van der Waals surface area contributed by atoms with Gasteiger partial charge in [0.25, 0.3) is 0 Å². The number of hydrogen-bond donors (Lipinski definition) is 3. The Balaban J connectivity index is -0.000000481. The van der Waals surface area contributed by atoms with Crippen molar-refractivity contribution >= 4 is 79.4 Å². The number of aromatic hydroxyl groups is 1. The molecule has 0 heterocycles. The van der Waals surface area contributed by atoms with Crippen molar-refractivity contribution in [3.63, 3.8) is 0 Å². The summed E-state index contributed by atoms with van der Waals surface area (Å²) < 4.78 is 54.1. The molecule has 3 N–H and O–H groups in total. The van der Waals surface area contributed by atoms with E-state index in [1.54, 1.807) is 111 Å². The summed E-state index contributed by atoms with van der Waals surface area (Å²) in [6.07, 6.45) is 14.8. The van der Waals surface area contributed by atoms with E-state index in [4.69, 9.17) is 52.6 Å². The summed E-state index contributed by atoms with van der Waals surface area (Å²) in [5.41, 5.74) is 3.76. The van der Waals surface area contributed by atoms with Gasteiger partial charge < -0.3 is 57.3 Å². The third-order valence-electron chi connectivity index (χ3n) is 10.3. The second-order valence-corrected chi connectivity index (χ2v) is 17.1. The molecular weight excluding hydrogens is 1130 g/mol. The molecule has 0 radical (unpaired) electrons. The van der Waals surface area contributed by atoms with Crippen molar-refractivity contribution in [2.75, 3.05) is 63.0 Å². The van der Waals surface area contributed by atoms with Crippen molar-refractivity contribution in [3.05, 3.63) is 126 Å². The van der Waals surface area contributed by atoms with Crippen LogP contribution in [0.1, 0.15) is 116 Å². The van der Waals surface area contributed by atoms with Gasteiger partial charge in [-0.2, -0.15) is 0 Å². The Bertz CT molecular complexity index is 2790. The molecule has 0 saturated carbocycles. The van der Waals surface area contributed by atoms with E-state index in [0.717, 1.165) is 47.3 Å². The quantitative estimate of drug-likeness (QED) is 0.0206. The number of phenolic OH excluding ortho intramolecular Hbond substituents is 1. The topological polar surface area (TPSA) is 297 Å². The second kappa shape index (κ2) is 53.8. The maximum absolute atomic E-state index is 11.6. The molecule has 0 bridgehead atoms. The molecule has 0 aliphatic heterocycles. The van der Waals surface area contributed by atoms with Gasteiger partial charge in [0.2, 0.25) is 0 Å². The molecule has 4 aromatic rings. The molecule has 0 aliphatic rings. The van der Waals surface area contributed by atoms with Gasteiger partial charge in [0.1, 0.15) is 17.9 Å². The molecule has 0 unspecified atom stereocenters. The Morgan fingerprint density at radius 3 is 1.22 bits per heavy atom. The first kappa shape index (κ1) is 84.5. The van der Waals surface area contributed by atoms with Gasteiger partial charge in [-0.3, -0.25) is 28.8 Å². The molecule has 0 fully saturated rings. The van der Waals surface area contributed by atoms with Gasteiger partial charge in [0, 0.05) is 25.7 Å². The van der Waals surface area contributed by atoms with Crippen molar-refractivity contribution in [2.24, 2.45) is 0 Å². The first-order valence-electron chi connectivity index (χ1n) is 26.8. The average molecular weight is 1220 g/mol. The number of carbonyl (C=O) groups excluding carboxylic acids is 8. The average Bonchev–Trinajstić information content (AvgIpc) is 3.46. The molecule has 23 heteroatoms. The predicted molar refractivity (Wildman–Crippen MR) is 337 cm³/mol. The number of carbonyl (C=O) groups is 8. The van der Waals surface area contributed by atoms with E-state index < -0.39 is 7.01 Å². The Kier molecular flexibility index (Phi) is 52.2. The molecule has 0 atom stereocenters. The van der Waals surface area contributed by atoms with Gasteiger partial charge >= 0.3 is 40.7 Å². The van der Waals surface area contributed by atoms with Gasteiger partial charge in [0.05, 0.1) is 75.8 Å². The van der Waals surface area contributed by atoms with Gasteiger partial charge in [-0.15, -0.1) is 0 Å². The van der Waals surface area contributed by atoms with Crippen LogP contribution in [0.4, 0.5) is 0 Å². The molecule has 0 aliphatic carbocycles. The van der Waals surface area contributed by atoms with E-state index in [0.29, 0.717) is 48.4 Å². The summed E-state index contributed by atoms with van der Waals surface area (Å²) in [5.74, 6) is 3.74. The number of aldehydes is 1. The third kappa shape index (κ3) is 44.2. The van der Waals surface area contributed by atoms with Crippen molar-refractivity contribution < 1.29 is 101 Å². The first-order valence-corrected chi connectivity index (χ1v) is 26.8. The van der Waals surface area contributed by atoms with E-state index in [1.807, 2.05) is 24.3 Å². The number of aryl methyl sites for hydroxylation is 1. The number of methoxy groups -OCH3 is 7. The Morgan fingerprint density at radius 1 is 0.517 bits per heavy atom. The van der Waals surface area contributed by atoms with Gasteiger partial charge in [-0.1, -0.05) is 69.8 Å². The summed E-state index contributed by atoms with van der Waals surface area (Å²) in [6, 6.07) is 21.7.